The van der Waals surface area contributed by atoms with Crippen molar-refractivity contribution in [3.8, 4) is 0 Å². The summed E-state index contributed by atoms with van der Waals surface area (Å²) in [6, 6.07) is 5.51. The van der Waals surface area contributed by atoms with Gasteiger partial charge in [-0.25, -0.2) is 8.42 Å². The van der Waals surface area contributed by atoms with Gasteiger partial charge in [-0.05, 0) is 57.9 Å². The fraction of sp³-hybridized carbons (Fsp3) is 0.421. The molecule has 2 aromatic rings. The number of likely N-dealkylation sites (tertiary alicyclic amines) is 1. The maximum atomic E-state index is 12.5. The van der Waals surface area contributed by atoms with E-state index in [9.17, 15) is 18.0 Å². The average molecular weight is 420 g/mol. The van der Waals surface area contributed by atoms with Crippen LogP contribution in [0.15, 0.2) is 33.7 Å². The minimum absolute atomic E-state index is 0.0269. The van der Waals surface area contributed by atoms with E-state index in [0.29, 0.717) is 11.3 Å². The number of hydrogen-bond donors (Lipinski definition) is 2. The molecule has 3 rings (SSSR count). The van der Waals surface area contributed by atoms with Gasteiger partial charge in [0, 0.05) is 24.3 Å². The molecule has 0 unspecified atom stereocenters. The highest BCUT2D eigenvalue weighted by atomic mass is 32.2. The molecule has 2 heterocycles. The predicted octanol–water partition coefficient (Wildman–Crippen LogP) is 1.83. The van der Waals surface area contributed by atoms with E-state index in [2.05, 4.69) is 15.2 Å². The maximum absolute atomic E-state index is 12.5. The zero-order valence-electron chi connectivity index (χ0n) is 16.6. The van der Waals surface area contributed by atoms with Gasteiger partial charge in [0.2, 0.25) is 15.9 Å². The summed E-state index contributed by atoms with van der Waals surface area (Å²) in [6.07, 6.45) is 2.03. The number of nitrogens with zero attached hydrogens (tertiary/aromatic N) is 2. The van der Waals surface area contributed by atoms with Crippen molar-refractivity contribution in [2.24, 2.45) is 0 Å². The van der Waals surface area contributed by atoms with Gasteiger partial charge in [-0.15, -0.1) is 0 Å². The Morgan fingerprint density at radius 2 is 1.76 bits per heavy atom. The van der Waals surface area contributed by atoms with Gasteiger partial charge in [0.1, 0.15) is 10.6 Å². The summed E-state index contributed by atoms with van der Waals surface area (Å²) in [6.45, 7) is 5.97. The van der Waals surface area contributed by atoms with Gasteiger partial charge in [-0.2, -0.15) is 4.72 Å². The first-order valence-electron chi connectivity index (χ1n) is 9.34. The van der Waals surface area contributed by atoms with Crippen LogP contribution in [-0.2, 0) is 14.8 Å². The van der Waals surface area contributed by atoms with Crippen molar-refractivity contribution in [1.29, 1.82) is 0 Å². The summed E-state index contributed by atoms with van der Waals surface area (Å²) in [7, 11) is -3.96. The van der Waals surface area contributed by atoms with Crippen LogP contribution in [0.1, 0.15) is 41.6 Å². The highest BCUT2D eigenvalue weighted by Crippen LogP contribution is 2.19. The molecular formula is C19H24N4O5S. The second kappa shape index (κ2) is 8.34. The molecule has 0 bridgehead atoms. The highest BCUT2D eigenvalue weighted by molar-refractivity contribution is 7.89. The number of aryl methyl sites for hydroxylation is 2. The molecule has 1 aromatic heterocycles. The molecule has 10 heteroatoms. The zero-order valence-corrected chi connectivity index (χ0v) is 17.4. The van der Waals surface area contributed by atoms with E-state index in [-0.39, 0.29) is 22.3 Å². The smallest absolute Gasteiger partial charge is 0.253 e. The average Bonchev–Trinajstić information content (AvgIpc) is 3.31. The number of anilines is 1. The lowest BCUT2D eigenvalue weighted by atomic mass is 10.2. The Morgan fingerprint density at radius 1 is 1.14 bits per heavy atom. The minimum atomic E-state index is -3.96. The van der Waals surface area contributed by atoms with Crippen molar-refractivity contribution >= 4 is 27.5 Å². The number of nitrogens with one attached hydrogen (secondary N) is 2. The van der Waals surface area contributed by atoms with Crippen molar-refractivity contribution in [3.63, 3.8) is 0 Å². The lowest BCUT2D eigenvalue weighted by Gasteiger charge is -2.16. The first-order chi connectivity index (χ1) is 13.7. The third-order valence-corrected chi connectivity index (χ3v) is 6.54. The normalized spacial score (nSPS) is 15.3. The number of amides is 2. The number of hydrogen-bond acceptors (Lipinski definition) is 6. The van der Waals surface area contributed by atoms with Crippen LogP contribution in [-0.4, -0.2) is 49.4 Å². The Morgan fingerprint density at radius 3 is 2.31 bits per heavy atom. The molecule has 1 saturated heterocycles. The summed E-state index contributed by atoms with van der Waals surface area (Å²) in [5.41, 5.74) is 1.24. The molecule has 1 atom stereocenters. The summed E-state index contributed by atoms with van der Waals surface area (Å²) in [5, 5.41) is 6.27. The minimum Gasteiger partial charge on any atom is -0.360 e. The molecule has 1 aliphatic rings. The Hall–Kier alpha value is -2.72. The molecule has 0 aliphatic carbocycles. The molecular weight excluding hydrogens is 396 g/mol. The number of benzene rings is 1. The van der Waals surface area contributed by atoms with Crippen molar-refractivity contribution in [2.75, 3.05) is 18.4 Å². The van der Waals surface area contributed by atoms with Crippen molar-refractivity contribution in [1.82, 2.24) is 14.8 Å². The van der Waals surface area contributed by atoms with Crippen molar-refractivity contribution in [3.05, 3.63) is 41.3 Å². The number of sulfonamides is 1. The molecule has 9 nitrogen and oxygen atoms in total. The van der Waals surface area contributed by atoms with Gasteiger partial charge in [-0.3, -0.25) is 9.59 Å². The SMILES string of the molecule is Cc1noc(C)c1S(=O)(=O)N[C@@H](C)C(=O)Nc1ccc(C(=O)N2CCCC2)cc1. The van der Waals surface area contributed by atoms with Gasteiger partial charge < -0.3 is 14.7 Å². The molecule has 1 aromatic carbocycles. The lowest BCUT2D eigenvalue weighted by Crippen LogP contribution is -2.41. The van der Waals surface area contributed by atoms with Crippen LogP contribution < -0.4 is 10.0 Å². The van der Waals surface area contributed by atoms with E-state index < -0.39 is 22.0 Å². The van der Waals surface area contributed by atoms with Crippen LogP contribution in [0.5, 0.6) is 0 Å². The van der Waals surface area contributed by atoms with Gasteiger partial charge in [0.15, 0.2) is 5.76 Å². The number of carbonyl (C=O) groups excluding carboxylic acids is 2. The summed E-state index contributed by atoms with van der Waals surface area (Å²) >= 11 is 0. The Labute approximate surface area is 169 Å². The van der Waals surface area contributed by atoms with Crippen molar-refractivity contribution in [2.45, 2.75) is 44.6 Å². The number of carbonyl (C=O) groups is 2. The van der Waals surface area contributed by atoms with Gasteiger partial charge in [0.05, 0.1) is 6.04 Å². The summed E-state index contributed by atoms with van der Waals surface area (Å²) in [4.78, 5) is 26.5. The van der Waals surface area contributed by atoms with E-state index in [1.165, 1.54) is 20.8 Å². The summed E-state index contributed by atoms with van der Waals surface area (Å²) < 4.78 is 32.2. The Balaban J connectivity index is 1.63. The van der Waals surface area contributed by atoms with E-state index >= 15 is 0 Å². The monoisotopic (exact) mass is 420 g/mol. The fourth-order valence-electron chi connectivity index (χ4n) is 3.25. The Bertz CT molecular complexity index is 988. The largest absolute Gasteiger partial charge is 0.360 e. The maximum Gasteiger partial charge on any atom is 0.253 e. The van der Waals surface area contributed by atoms with Crippen LogP contribution in [0.4, 0.5) is 5.69 Å². The lowest BCUT2D eigenvalue weighted by molar-refractivity contribution is -0.117. The van der Waals surface area contributed by atoms with Crippen LogP contribution >= 0.6 is 0 Å². The Kier molecular flexibility index (Phi) is 6.04. The second-order valence-electron chi connectivity index (χ2n) is 7.06. The highest BCUT2D eigenvalue weighted by Gasteiger charge is 2.28. The predicted molar refractivity (Wildman–Crippen MR) is 106 cm³/mol. The molecule has 156 valence electrons. The molecule has 0 spiro atoms. The topological polar surface area (TPSA) is 122 Å². The van der Waals surface area contributed by atoms with Gasteiger partial charge >= 0.3 is 0 Å². The van der Waals surface area contributed by atoms with Gasteiger partial charge in [-0.1, -0.05) is 5.16 Å². The molecule has 2 amide bonds. The number of rotatable bonds is 6. The van der Waals surface area contributed by atoms with Gasteiger partial charge in [0.25, 0.3) is 5.91 Å². The fourth-order valence-corrected chi connectivity index (χ4v) is 4.79. The molecule has 0 saturated carbocycles. The van der Waals surface area contributed by atoms with E-state index in [1.807, 2.05) is 0 Å². The quantitative estimate of drug-likeness (QED) is 0.735. The van der Waals surface area contributed by atoms with Crippen LogP contribution in [0.2, 0.25) is 0 Å². The third-order valence-electron chi connectivity index (χ3n) is 4.75. The number of aromatic nitrogens is 1. The standard InChI is InChI=1S/C19H24N4O5S/c1-12-17(14(3)28-21-12)29(26,27)22-13(2)18(24)20-16-8-6-15(7-9-16)19(25)23-10-4-5-11-23/h6-9,13,22H,4-5,10-11H2,1-3H3,(H,20,24)/t13-/m0/s1. The summed E-state index contributed by atoms with van der Waals surface area (Å²) in [5.74, 6) is -0.402. The molecule has 29 heavy (non-hydrogen) atoms. The van der Waals surface area contributed by atoms with Crippen LogP contribution in [0.25, 0.3) is 0 Å². The van der Waals surface area contributed by atoms with E-state index in [1.54, 1.807) is 29.2 Å². The van der Waals surface area contributed by atoms with Crippen LogP contribution in [0.3, 0.4) is 0 Å². The second-order valence-corrected chi connectivity index (χ2v) is 8.71. The van der Waals surface area contributed by atoms with E-state index in [4.69, 9.17) is 4.52 Å². The molecule has 0 radical (unpaired) electrons. The molecule has 1 fully saturated rings. The molecule has 1 aliphatic heterocycles. The van der Waals surface area contributed by atoms with E-state index in [0.717, 1.165) is 25.9 Å². The first kappa shape index (κ1) is 21.0. The first-order valence-corrected chi connectivity index (χ1v) is 10.8. The van der Waals surface area contributed by atoms with Crippen molar-refractivity contribution < 1.29 is 22.5 Å². The molecule has 2 N–H and O–H groups in total. The van der Waals surface area contributed by atoms with Crippen LogP contribution in [0, 0.1) is 13.8 Å². The zero-order chi connectivity index (χ0) is 21.2. The third kappa shape index (κ3) is 4.65.